The van der Waals surface area contributed by atoms with E-state index in [2.05, 4.69) is 40.8 Å². The molecule has 1 fully saturated rings. The number of rotatable bonds is 6. The highest BCUT2D eigenvalue weighted by Crippen LogP contribution is 2.16. The van der Waals surface area contributed by atoms with E-state index in [1.165, 1.54) is 0 Å². The van der Waals surface area contributed by atoms with Crippen LogP contribution in [-0.4, -0.2) is 58.7 Å². The van der Waals surface area contributed by atoms with Gasteiger partial charge in [0.25, 0.3) is 0 Å². The van der Waals surface area contributed by atoms with Gasteiger partial charge in [-0.2, -0.15) is 0 Å². The average Bonchev–Trinajstić information content (AvgIpc) is 2.41. The lowest BCUT2D eigenvalue weighted by Crippen LogP contribution is -2.53. The lowest BCUT2D eigenvalue weighted by molar-refractivity contribution is 0.0471. The molecule has 2 rings (SSSR count). The number of aromatic nitrogens is 1. The van der Waals surface area contributed by atoms with Crippen LogP contribution in [0.2, 0.25) is 0 Å². The van der Waals surface area contributed by atoms with Crippen LogP contribution in [0.25, 0.3) is 0 Å². The van der Waals surface area contributed by atoms with E-state index in [0.717, 1.165) is 50.5 Å². The summed E-state index contributed by atoms with van der Waals surface area (Å²) >= 11 is 0. The molecule has 1 aromatic heterocycles. The molecule has 0 saturated carbocycles. The predicted octanol–water partition coefficient (Wildman–Crippen LogP) is 1.91. The Kier molecular flexibility index (Phi) is 6.15. The standard InChI is InChI=1S/C17H29N3O/c1-14(2)11-20-9-8-19(13-17(20)7-10-21)12-16-6-4-5-15(3)18-16/h4-6,14,17,21H,7-13H2,1-3H3/t17-/m0/s1. The molecule has 1 saturated heterocycles. The third-order valence-corrected chi connectivity index (χ3v) is 4.08. The maximum atomic E-state index is 9.33. The monoisotopic (exact) mass is 291 g/mol. The number of aliphatic hydroxyl groups excluding tert-OH is 1. The highest BCUT2D eigenvalue weighted by atomic mass is 16.3. The average molecular weight is 291 g/mol. The van der Waals surface area contributed by atoms with E-state index in [-0.39, 0.29) is 6.61 Å². The molecule has 0 aromatic carbocycles. The van der Waals surface area contributed by atoms with Gasteiger partial charge in [-0.05, 0) is 31.4 Å². The van der Waals surface area contributed by atoms with Gasteiger partial charge in [-0.25, -0.2) is 0 Å². The van der Waals surface area contributed by atoms with E-state index >= 15 is 0 Å². The van der Waals surface area contributed by atoms with Crippen LogP contribution in [-0.2, 0) is 6.54 Å². The van der Waals surface area contributed by atoms with Gasteiger partial charge in [-0.1, -0.05) is 19.9 Å². The van der Waals surface area contributed by atoms with Gasteiger partial charge in [-0.3, -0.25) is 14.8 Å². The summed E-state index contributed by atoms with van der Waals surface area (Å²) in [5.41, 5.74) is 2.23. The molecule has 1 atom stereocenters. The quantitative estimate of drug-likeness (QED) is 0.869. The lowest BCUT2D eigenvalue weighted by Gasteiger charge is -2.42. The molecule has 0 aliphatic carbocycles. The highest BCUT2D eigenvalue weighted by Gasteiger charge is 2.26. The number of aryl methyl sites for hydroxylation is 1. The van der Waals surface area contributed by atoms with E-state index < -0.39 is 0 Å². The fourth-order valence-corrected chi connectivity index (χ4v) is 3.15. The number of piperazine rings is 1. The summed E-state index contributed by atoms with van der Waals surface area (Å²) < 4.78 is 0. The van der Waals surface area contributed by atoms with Gasteiger partial charge in [0, 0.05) is 51.1 Å². The SMILES string of the molecule is Cc1cccc(CN2CCN(CC(C)C)[C@@H](CCO)C2)n1. The van der Waals surface area contributed by atoms with Crippen LogP contribution < -0.4 is 0 Å². The van der Waals surface area contributed by atoms with Gasteiger partial charge in [0.2, 0.25) is 0 Å². The van der Waals surface area contributed by atoms with E-state index in [1.54, 1.807) is 0 Å². The Morgan fingerprint density at radius 2 is 2.14 bits per heavy atom. The zero-order chi connectivity index (χ0) is 15.2. The van der Waals surface area contributed by atoms with E-state index in [9.17, 15) is 5.11 Å². The van der Waals surface area contributed by atoms with Crippen molar-refractivity contribution in [2.75, 3.05) is 32.8 Å². The van der Waals surface area contributed by atoms with Crippen LogP contribution >= 0.6 is 0 Å². The highest BCUT2D eigenvalue weighted by molar-refractivity contribution is 5.10. The van der Waals surface area contributed by atoms with Gasteiger partial charge >= 0.3 is 0 Å². The Morgan fingerprint density at radius 1 is 1.33 bits per heavy atom. The Balaban J connectivity index is 1.94. The first-order valence-corrected chi connectivity index (χ1v) is 8.08. The van der Waals surface area contributed by atoms with Crippen LogP contribution in [0.1, 0.15) is 31.7 Å². The number of aliphatic hydroxyl groups is 1. The molecule has 0 radical (unpaired) electrons. The topological polar surface area (TPSA) is 39.6 Å². The molecular formula is C17H29N3O. The minimum Gasteiger partial charge on any atom is -0.396 e. The second kappa shape index (κ2) is 7.87. The molecule has 0 bridgehead atoms. The minimum atomic E-state index is 0.274. The molecule has 1 aromatic rings. The van der Waals surface area contributed by atoms with Crippen LogP contribution in [0.5, 0.6) is 0 Å². The molecular weight excluding hydrogens is 262 g/mol. The minimum absolute atomic E-state index is 0.274. The van der Waals surface area contributed by atoms with Gasteiger partial charge in [0.05, 0.1) is 5.69 Å². The normalized spacial score (nSPS) is 21.1. The third-order valence-electron chi connectivity index (χ3n) is 4.08. The van der Waals surface area contributed by atoms with Crippen molar-refractivity contribution in [2.45, 2.75) is 39.8 Å². The molecule has 118 valence electrons. The maximum Gasteiger partial charge on any atom is 0.0547 e. The second-order valence-electron chi connectivity index (χ2n) is 6.56. The Hall–Kier alpha value is -0.970. The summed E-state index contributed by atoms with van der Waals surface area (Å²) in [6, 6.07) is 6.70. The molecule has 2 heterocycles. The first-order valence-electron chi connectivity index (χ1n) is 8.08. The molecule has 21 heavy (non-hydrogen) atoms. The van der Waals surface area contributed by atoms with Crippen molar-refractivity contribution < 1.29 is 5.11 Å². The summed E-state index contributed by atoms with van der Waals surface area (Å²) in [4.78, 5) is 9.61. The first-order chi connectivity index (χ1) is 10.1. The maximum absolute atomic E-state index is 9.33. The van der Waals surface area contributed by atoms with Crippen LogP contribution in [0.4, 0.5) is 0 Å². The number of pyridine rings is 1. The zero-order valence-electron chi connectivity index (χ0n) is 13.6. The summed E-state index contributed by atoms with van der Waals surface area (Å²) in [5.74, 6) is 0.677. The van der Waals surface area contributed by atoms with Gasteiger partial charge in [-0.15, -0.1) is 0 Å². The molecule has 0 unspecified atom stereocenters. The van der Waals surface area contributed by atoms with E-state index in [1.807, 2.05) is 13.0 Å². The van der Waals surface area contributed by atoms with Crippen molar-refractivity contribution in [1.29, 1.82) is 0 Å². The van der Waals surface area contributed by atoms with Gasteiger partial charge in [0.1, 0.15) is 0 Å². The van der Waals surface area contributed by atoms with Crippen LogP contribution in [0.15, 0.2) is 18.2 Å². The molecule has 0 amide bonds. The second-order valence-corrected chi connectivity index (χ2v) is 6.56. The predicted molar refractivity (Wildman–Crippen MR) is 86.2 cm³/mol. The summed E-state index contributed by atoms with van der Waals surface area (Å²) in [5, 5.41) is 9.33. The number of hydrogen-bond acceptors (Lipinski definition) is 4. The lowest BCUT2D eigenvalue weighted by atomic mass is 10.1. The largest absolute Gasteiger partial charge is 0.396 e. The summed E-state index contributed by atoms with van der Waals surface area (Å²) in [6.45, 7) is 12.1. The Morgan fingerprint density at radius 3 is 2.81 bits per heavy atom. The molecule has 1 N–H and O–H groups in total. The van der Waals surface area contributed by atoms with Gasteiger partial charge in [0.15, 0.2) is 0 Å². The van der Waals surface area contributed by atoms with Crippen molar-refractivity contribution in [2.24, 2.45) is 5.92 Å². The fraction of sp³-hybridized carbons (Fsp3) is 0.706. The van der Waals surface area contributed by atoms with E-state index in [4.69, 9.17) is 0 Å². The van der Waals surface area contributed by atoms with Crippen molar-refractivity contribution in [1.82, 2.24) is 14.8 Å². The first kappa shape index (κ1) is 16.4. The fourth-order valence-electron chi connectivity index (χ4n) is 3.15. The zero-order valence-corrected chi connectivity index (χ0v) is 13.6. The smallest absolute Gasteiger partial charge is 0.0547 e. The molecule has 1 aliphatic heterocycles. The number of hydrogen-bond donors (Lipinski definition) is 1. The summed E-state index contributed by atoms with van der Waals surface area (Å²) in [6.07, 6.45) is 0.866. The van der Waals surface area contributed by atoms with Crippen molar-refractivity contribution >= 4 is 0 Å². The van der Waals surface area contributed by atoms with Crippen LogP contribution in [0.3, 0.4) is 0 Å². The third kappa shape index (κ3) is 5.06. The van der Waals surface area contributed by atoms with E-state index in [0.29, 0.717) is 12.0 Å². The van der Waals surface area contributed by atoms with Crippen molar-refractivity contribution in [3.05, 3.63) is 29.6 Å². The molecule has 0 spiro atoms. The molecule has 1 aliphatic rings. The molecule has 4 nitrogen and oxygen atoms in total. The Labute approximate surface area is 128 Å². The van der Waals surface area contributed by atoms with Crippen LogP contribution in [0, 0.1) is 12.8 Å². The molecule has 4 heteroatoms. The van der Waals surface area contributed by atoms with Crippen molar-refractivity contribution in [3.8, 4) is 0 Å². The number of nitrogens with zero attached hydrogens (tertiary/aromatic N) is 3. The van der Waals surface area contributed by atoms with Crippen molar-refractivity contribution in [3.63, 3.8) is 0 Å². The van der Waals surface area contributed by atoms with Gasteiger partial charge < -0.3 is 5.11 Å². The Bertz CT molecular complexity index is 436. The summed E-state index contributed by atoms with van der Waals surface area (Å²) in [7, 11) is 0.